The molecule has 0 aliphatic carbocycles. The van der Waals surface area contributed by atoms with E-state index in [9.17, 15) is 19.5 Å². The highest BCUT2D eigenvalue weighted by Crippen LogP contribution is 2.65. The minimum Gasteiger partial charge on any atom is -0.465 e. The number of unbranched alkanes of at least 4 members (excludes halogenated alkanes) is 2. The first-order valence-electron chi connectivity index (χ1n) is 16.9. The molecule has 1 spiro atoms. The van der Waals surface area contributed by atoms with E-state index in [4.69, 9.17) is 14.2 Å². The Labute approximate surface area is 273 Å². The summed E-state index contributed by atoms with van der Waals surface area (Å²) < 4.78 is 18.2. The zero-order valence-corrected chi connectivity index (χ0v) is 27.5. The number of aliphatic hydroxyl groups is 1. The molecule has 4 heterocycles. The van der Waals surface area contributed by atoms with Crippen LogP contribution in [0.4, 0.5) is 0 Å². The first-order valence-corrected chi connectivity index (χ1v) is 16.9. The molecular formula is C36H51N3O7. The van der Waals surface area contributed by atoms with Gasteiger partial charge in [-0.3, -0.25) is 19.3 Å². The van der Waals surface area contributed by atoms with Crippen molar-refractivity contribution in [3.63, 3.8) is 0 Å². The van der Waals surface area contributed by atoms with Crippen molar-refractivity contribution in [3.05, 3.63) is 61.2 Å². The van der Waals surface area contributed by atoms with Crippen LogP contribution in [0.3, 0.4) is 0 Å². The number of carbonyl (C=O) groups is 3. The highest BCUT2D eigenvalue weighted by molar-refractivity contribution is 5.99. The largest absolute Gasteiger partial charge is 0.465 e. The summed E-state index contributed by atoms with van der Waals surface area (Å²) in [5.74, 6) is -2.89. The van der Waals surface area contributed by atoms with E-state index in [2.05, 4.69) is 18.1 Å². The highest BCUT2D eigenvalue weighted by atomic mass is 16.6. The fourth-order valence-corrected chi connectivity index (χ4v) is 8.21. The van der Waals surface area contributed by atoms with Crippen LogP contribution in [0.1, 0.15) is 45.1 Å². The quantitative estimate of drug-likeness (QED) is 0.168. The van der Waals surface area contributed by atoms with Crippen molar-refractivity contribution >= 4 is 17.8 Å². The van der Waals surface area contributed by atoms with E-state index in [0.717, 1.165) is 31.5 Å². The van der Waals surface area contributed by atoms with E-state index in [1.165, 1.54) is 0 Å². The van der Waals surface area contributed by atoms with Gasteiger partial charge in [-0.1, -0.05) is 49.4 Å². The number of allylic oxidation sites excluding steroid dienone is 1. The van der Waals surface area contributed by atoms with Gasteiger partial charge in [-0.25, -0.2) is 0 Å². The second-order valence-corrected chi connectivity index (χ2v) is 13.5. The Morgan fingerprint density at radius 3 is 2.59 bits per heavy atom. The van der Waals surface area contributed by atoms with Gasteiger partial charge in [0.05, 0.1) is 44.0 Å². The van der Waals surface area contributed by atoms with Gasteiger partial charge < -0.3 is 29.1 Å². The molecule has 10 heteroatoms. The summed E-state index contributed by atoms with van der Waals surface area (Å²) in [7, 11) is 0. The zero-order valence-electron chi connectivity index (χ0n) is 27.5. The average molecular weight is 638 g/mol. The number of nitrogens with zero attached hydrogens (tertiary/aromatic N) is 3. The van der Waals surface area contributed by atoms with Crippen LogP contribution in [-0.4, -0.2) is 120 Å². The molecule has 0 radical (unpaired) electrons. The predicted octanol–water partition coefficient (Wildman–Crippen LogP) is 2.85. The summed E-state index contributed by atoms with van der Waals surface area (Å²) in [4.78, 5) is 49.1. The van der Waals surface area contributed by atoms with Crippen LogP contribution >= 0.6 is 0 Å². The summed E-state index contributed by atoms with van der Waals surface area (Å²) in [5.41, 5.74) is -1.25. The van der Waals surface area contributed by atoms with Crippen LogP contribution < -0.4 is 0 Å². The normalized spacial score (nSPS) is 31.0. The summed E-state index contributed by atoms with van der Waals surface area (Å²) in [5, 5.41) is 10.8. The molecular weight excluding hydrogens is 586 g/mol. The van der Waals surface area contributed by atoms with Gasteiger partial charge in [-0.2, -0.15) is 0 Å². The highest BCUT2D eigenvalue weighted by Gasteiger charge is 2.80. The lowest BCUT2D eigenvalue weighted by Gasteiger charge is -2.40. The summed E-state index contributed by atoms with van der Waals surface area (Å²) in [6.45, 7) is 15.8. The number of benzene rings is 1. The molecule has 2 bridgehead atoms. The standard InChI is InChI=1S/C36H51N3O7/c1-5-7-8-12-20-45-34(43)30-29-32(41)39(28(25-40)23-27-13-10-9-11-14-27)31(36(29)24-26(3)35(30,4)46-36)33(42)38(15-6-2)17-16-37-18-21-44-22-19-37/h5-6,9-11,13-14,26,28-31,40H,1-2,7-8,12,15-25H2,3-4H3/t26?,28-,29+,30+,31?,35-,36?/m1/s1. The maximum Gasteiger partial charge on any atom is 0.312 e. The minimum absolute atomic E-state index is 0.104. The summed E-state index contributed by atoms with van der Waals surface area (Å²) in [6, 6.07) is 7.94. The van der Waals surface area contributed by atoms with Crippen molar-refractivity contribution in [2.45, 2.75) is 69.2 Å². The van der Waals surface area contributed by atoms with E-state index in [-0.39, 0.29) is 30.9 Å². The molecule has 4 fully saturated rings. The number of morpholine rings is 1. The molecule has 1 aromatic carbocycles. The number of rotatable bonds is 16. The molecule has 10 nitrogen and oxygen atoms in total. The van der Waals surface area contributed by atoms with Crippen LogP contribution in [0.2, 0.25) is 0 Å². The third-order valence-corrected chi connectivity index (χ3v) is 10.7. The number of ether oxygens (including phenoxy) is 3. The molecule has 7 atom stereocenters. The molecule has 2 amide bonds. The van der Waals surface area contributed by atoms with Crippen molar-refractivity contribution in [1.82, 2.24) is 14.7 Å². The van der Waals surface area contributed by atoms with Crippen molar-refractivity contribution in [2.75, 3.05) is 59.2 Å². The molecule has 1 aromatic rings. The third-order valence-electron chi connectivity index (χ3n) is 10.7. The number of hydrogen-bond acceptors (Lipinski definition) is 8. The molecule has 0 saturated carbocycles. The Bertz CT molecular complexity index is 1250. The van der Waals surface area contributed by atoms with E-state index in [1.54, 1.807) is 15.9 Å². The average Bonchev–Trinajstić information content (AvgIpc) is 3.58. The fourth-order valence-electron chi connectivity index (χ4n) is 8.21. The van der Waals surface area contributed by atoms with Crippen LogP contribution in [0.5, 0.6) is 0 Å². The van der Waals surface area contributed by atoms with Gasteiger partial charge in [0, 0.05) is 32.7 Å². The number of esters is 1. The Hall–Kier alpha value is -3.05. The predicted molar refractivity (Wildman–Crippen MR) is 174 cm³/mol. The SMILES string of the molecule is C=CCCCCOC(=O)[C@@H]1[C@H]2C(=O)N([C@@H](CO)Cc3ccccc3)C(C(=O)N(CC=C)CCN3CCOCC3)C23CC(C)[C@@]1(C)O3. The monoisotopic (exact) mass is 637 g/mol. The molecule has 0 aromatic heterocycles. The zero-order chi connectivity index (χ0) is 32.9. The van der Waals surface area contributed by atoms with Gasteiger partial charge in [0.1, 0.15) is 17.6 Å². The van der Waals surface area contributed by atoms with Crippen LogP contribution in [0.25, 0.3) is 0 Å². The smallest absolute Gasteiger partial charge is 0.312 e. The number of hydrogen-bond donors (Lipinski definition) is 1. The Morgan fingerprint density at radius 1 is 1.17 bits per heavy atom. The van der Waals surface area contributed by atoms with Crippen molar-refractivity contribution in [2.24, 2.45) is 17.8 Å². The van der Waals surface area contributed by atoms with E-state index in [1.807, 2.05) is 50.3 Å². The van der Waals surface area contributed by atoms with Crippen molar-refractivity contribution < 1.29 is 33.7 Å². The van der Waals surface area contributed by atoms with E-state index >= 15 is 0 Å². The maximum atomic E-state index is 14.9. The molecule has 3 unspecified atom stereocenters. The molecule has 4 aliphatic rings. The molecule has 5 rings (SSSR count). The van der Waals surface area contributed by atoms with E-state index in [0.29, 0.717) is 52.1 Å². The van der Waals surface area contributed by atoms with Gasteiger partial charge in [0.15, 0.2) is 0 Å². The van der Waals surface area contributed by atoms with Gasteiger partial charge in [-0.05, 0) is 50.5 Å². The first kappa shape index (κ1) is 34.3. The van der Waals surface area contributed by atoms with Crippen LogP contribution in [0, 0.1) is 17.8 Å². The number of carbonyl (C=O) groups excluding carboxylic acids is 3. The number of aliphatic hydroxyl groups excluding tert-OH is 1. The number of amides is 2. The Morgan fingerprint density at radius 2 is 1.91 bits per heavy atom. The number of fused-ring (bicyclic) bond motifs is 1. The fraction of sp³-hybridized carbons (Fsp3) is 0.639. The third kappa shape index (κ3) is 6.41. The topological polar surface area (TPSA) is 109 Å². The lowest BCUT2D eigenvalue weighted by molar-refractivity contribution is -0.163. The molecule has 252 valence electrons. The van der Waals surface area contributed by atoms with Gasteiger partial charge in [-0.15, -0.1) is 13.2 Å². The van der Waals surface area contributed by atoms with Crippen LogP contribution in [0.15, 0.2) is 55.6 Å². The second-order valence-electron chi connectivity index (χ2n) is 13.5. The number of likely N-dealkylation sites (tertiary alicyclic amines) is 1. The first-order chi connectivity index (χ1) is 22.2. The summed E-state index contributed by atoms with van der Waals surface area (Å²) in [6.07, 6.45) is 6.72. The molecule has 46 heavy (non-hydrogen) atoms. The maximum absolute atomic E-state index is 14.9. The molecule has 4 saturated heterocycles. The lowest BCUT2D eigenvalue weighted by Crippen LogP contribution is -2.60. The van der Waals surface area contributed by atoms with Gasteiger partial charge in [0.25, 0.3) is 0 Å². The van der Waals surface area contributed by atoms with Crippen molar-refractivity contribution in [3.8, 4) is 0 Å². The van der Waals surface area contributed by atoms with Gasteiger partial charge >= 0.3 is 5.97 Å². The Kier molecular flexibility index (Phi) is 11.0. The summed E-state index contributed by atoms with van der Waals surface area (Å²) >= 11 is 0. The van der Waals surface area contributed by atoms with Gasteiger partial charge in [0.2, 0.25) is 11.8 Å². The lowest BCUT2D eigenvalue weighted by atomic mass is 9.62. The van der Waals surface area contributed by atoms with Crippen LogP contribution in [-0.2, 0) is 35.0 Å². The van der Waals surface area contributed by atoms with Crippen molar-refractivity contribution in [1.29, 1.82) is 0 Å². The Balaban J connectivity index is 1.50. The molecule has 4 aliphatic heterocycles. The minimum atomic E-state index is -1.22. The second kappa shape index (κ2) is 14.8. The molecule has 1 N–H and O–H groups in total. The van der Waals surface area contributed by atoms with E-state index < -0.39 is 41.1 Å².